The van der Waals surface area contributed by atoms with Crippen LogP contribution in [-0.4, -0.2) is 279 Å². The molecule has 12 aromatic rings. The Bertz CT molecular complexity index is 5420. The van der Waals surface area contributed by atoms with Crippen LogP contribution in [0.1, 0.15) is 59.1 Å². The number of aromatic nitrogens is 12. The van der Waals surface area contributed by atoms with Crippen LogP contribution >= 0.6 is 0 Å². The van der Waals surface area contributed by atoms with E-state index in [0.717, 1.165) is 260 Å². The van der Waals surface area contributed by atoms with Gasteiger partial charge in [-0.15, -0.1) is 0 Å². The van der Waals surface area contributed by atoms with Gasteiger partial charge >= 0.3 is 0 Å². The summed E-state index contributed by atoms with van der Waals surface area (Å²) in [6.07, 6.45) is 19.4. The van der Waals surface area contributed by atoms with Gasteiger partial charge in [0.25, 0.3) is 0 Å². The quantitative estimate of drug-likeness (QED) is 0.0537. The second-order valence-corrected chi connectivity index (χ2v) is 32.7. The number of nitrogen functional groups attached to an aromatic ring is 2. The largest absolute Gasteiger partial charge is 0.493 e. The molecule has 6 aliphatic rings. The first kappa shape index (κ1) is 84.2. The van der Waals surface area contributed by atoms with Crippen LogP contribution in [0.3, 0.4) is 0 Å². The van der Waals surface area contributed by atoms with Gasteiger partial charge < -0.3 is 84.0 Å². The maximum Gasteiger partial charge on any atom is 0.227 e. The van der Waals surface area contributed by atoms with Crippen LogP contribution < -0.4 is 69.3 Å². The van der Waals surface area contributed by atoms with Gasteiger partial charge in [0, 0.05) is 213 Å². The monoisotopic (exact) mass is 1660 g/mol. The fourth-order valence-electron chi connectivity index (χ4n) is 17.0. The van der Waals surface area contributed by atoms with Crippen LogP contribution in [-0.2, 0) is 19.3 Å². The van der Waals surface area contributed by atoms with E-state index in [2.05, 4.69) is 164 Å². The molecule has 30 heteroatoms. The van der Waals surface area contributed by atoms with E-state index in [0.29, 0.717) is 72.4 Å². The molecule has 6 fully saturated rings. The Labute approximate surface area is 720 Å². The Morgan fingerprint density at radius 2 is 0.724 bits per heavy atom. The first-order valence-corrected chi connectivity index (χ1v) is 43.1. The van der Waals surface area contributed by atoms with Gasteiger partial charge in [0.15, 0.2) is 34.5 Å². The van der Waals surface area contributed by atoms with Crippen molar-refractivity contribution in [3.63, 3.8) is 0 Å². The van der Waals surface area contributed by atoms with Gasteiger partial charge in [-0.25, -0.2) is 49.8 Å². The maximum atomic E-state index is 6.34. The second-order valence-electron chi connectivity index (χ2n) is 32.7. The van der Waals surface area contributed by atoms with E-state index >= 15 is 0 Å². The summed E-state index contributed by atoms with van der Waals surface area (Å²) in [7, 11) is 11.5. The highest BCUT2D eigenvalue weighted by Gasteiger charge is 2.30. The number of ether oxygens (including phenoxy) is 6. The predicted molar refractivity (Wildman–Crippen MR) is 485 cm³/mol. The molecule has 12 heterocycles. The molecule has 6 saturated heterocycles. The molecule has 0 bridgehead atoms. The number of anilines is 8. The van der Waals surface area contributed by atoms with Crippen molar-refractivity contribution in [2.24, 2.45) is 11.8 Å². The zero-order chi connectivity index (χ0) is 84.4. The molecule has 123 heavy (non-hydrogen) atoms. The number of benzene rings is 6. The fourth-order valence-corrected chi connectivity index (χ4v) is 17.0. The number of nitrogens with zero attached hydrogens (tertiary/aromatic N) is 22. The minimum absolute atomic E-state index is 0.511. The van der Waals surface area contributed by atoms with Gasteiger partial charge in [0.2, 0.25) is 17.8 Å². The van der Waals surface area contributed by atoms with Gasteiger partial charge in [-0.05, 0) is 113 Å². The second kappa shape index (κ2) is 40.5. The molecular weight excluding hydrogens is 1550 g/mol. The molecule has 6 aliphatic heterocycles. The van der Waals surface area contributed by atoms with Crippen LogP contribution in [0.2, 0.25) is 0 Å². The third-order valence-electron chi connectivity index (χ3n) is 24.2. The number of methoxy groups -OCH3 is 3. The van der Waals surface area contributed by atoms with Crippen LogP contribution in [0.5, 0.6) is 34.5 Å². The summed E-state index contributed by atoms with van der Waals surface area (Å²) in [5, 5.41) is 2.90. The molecule has 30 nitrogen and oxygen atoms in total. The number of piperidine rings is 2. The van der Waals surface area contributed by atoms with Gasteiger partial charge in [-0.2, -0.15) is 9.97 Å². The van der Waals surface area contributed by atoms with E-state index in [4.69, 9.17) is 54.8 Å². The third kappa shape index (κ3) is 21.4. The summed E-state index contributed by atoms with van der Waals surface area (Å²) in [6, 6.07) is 42.9. The number of hydrogen-bond acceptors (Lipinski definition) is 30. The zero-order valence-electron chi connectivity index (χ0n) is 71.7. The predicted octanol–water partition coefficient (Wildman–Crippen LogP) is 10.3. The highest BCUT2D eigenvalue weighted by atomic mass is 16.5. The van der Waals surface area contributed by atoms with Gasteiger partial charge in [0.1, 0.15) is 54.7 Å². The number of piperazine rings is 4. The van der Waals surface area contributed by atoms with Gasteiger partial charge in [-0.1, -0.05) is 91.0 Å². The number of likely N-dealkylation sites (N-methyl/N-ethyl adjacent to an activating group) is 1. The lowest BCUT2D eigenvalue weighted by Gasteiger charge is -2.36. The highest BCUT2D eigenvalue weighted by Crippen LogP contribution is 2.40. The van der Waals surface area contributed by atoms with Gasteiger partial charge in [-0.3, -0.25) is 4.90 Å². The van der Waals surface area contributed by atoms with Crippen molar-refractivity contribution >= 4 is 79.6 Å². The summed E-state index contributed by atoms with van der Waals surface area (Å²) >= 11 is 0. The van der Waals surface area contributed by atoms with E-state index in [1.165, 1.54) is 29.5 Å². The molecular formula is C93H114N24O6. The Kier molecular flexibility index (Phi) is 27.8. The lowest BCUT2D eigenvalue weighted by molar-refractivity contribution is 0.133. The molecule has 18 rings (SSSR count). The fraction of sp³-hybridized carbons (Fsp3) is 0.419. The Morgan fingerprint density at radius 1 is 0.341 bits per heavy atom. The van der Waals surface area contributed by atoms with E-state index in [-0.39, 0.29) is 0 Å². The third-order valence-corrected chi connectivity index (χ3v) is 24.2. The molecule has 0 saturated carbocycles. The van der Waals surface area contributed by atoms with Crippen molar-refractivity contribution in [2.45, 2.75) is 44.9 Å². The Hall–Kier alpha value is -12.4. The summed E-state index contributed by atoms with van der Waals surface area (Å²) < 4.78 is 35.9. The minimum atomic E-state index is 0.511. The van der Waals surface area contributed by atoms with Crippen molar-refractivity contribution in [2.75, 3.05) is 241 Å². The summed E-state index contributed by atoms with van der Waals surface area (Å²) in [5.41, 5.74) is 21.8. The van der Waals surface area contributed by atoms with Crippen molar-refractivity contribution in [3.8, 4) is 34.5 Å². The molecule has 642 valence electrons. The number of fused-ring (bicyclic) bond motifs is 3. The van der Waals surface area contributed by atoms with Crippen LogP contribution in [0.25, 0.3) is 32.7 Å². The van der Waals surface area contributed by atoms with E-state index in [1.54, 1.807) is 40.3 Å². The molecule has 0 spiro atoms. The average Bonchev–Trinajstić information content (AvgIpc) is 0.783. The van der Waals surface area contributed by atoms with Gasteiger partial charge in [0.05, 0.1) is 51.1 Å². The molecule has 0 unspecified atom stereocenters. The first-order chi connectivity index (χ1) is 60.3. The van der Waals surface area contributed by atoms with E-state index in [1.807, 2.05) is 104 Å². The maximum absolute atomic E-state index is 6.34. The zero-order valence-corrected chi connectivity index (χ0v) is 71.7. The molecule has 1 atom stereocenters. The SMILES string of the molecule is COc1cc2ncnc(N3CCN(c4ncc(Cc5ccccc5)c(N)n4)CC3)c2cc1OCC1CCN(C)CC1.COc1cc2ncnc(N3CCN(c4ncc(Cc5ccccc5)c(N)n4)CC3)c2cc1OC[C@@H]1CCCN(C)C1.COc1cc2ncnc(N3CCN(c4ncc(Cc5ccccc5)cn4)CC3)c2cc1OCCN1CCN(C)CC1. The minimum Gasteiger partial charge on any atom is -0.493 e. The van der Waals surface area contributed by atoms with Crippen molar-refractivity contribution in [1.82, 2.24) is 79.4 Å². The molecule has 0 aliphatic carbocycles. The summed E-state index contributed by atoms with van der Waals surface area (Å²) in [5.74, 6) is 11.3. The normalized spacial score (nSPS) is 17.2. The number of hydrogen-bond donors (Lipinski definition) is 2. The molecule has 6 aromatic carbocycles. The summed E-state index contributed by atoms with van der Waals surface area (Å²) in [6.45, 7) is 21.0. The highest BCUT2D eigenvalue weighted by molar-refractivity contribution is 5.94. The lowest BCUT2D eigenvalue weighted by Crippen LogP contribution is -2.47. The first-order valence-electron chi connectivity index (χ1n) is 43.1. The molecule has 0 amide bonds. The number of nitrogens with two attached hydrogens (primary N) is 2. The van der Waals surface area contributed by atoms with E-state index in [9.17, 15) is 0 Å². The average molecular weight is 1660 g/mol. The van der Waals surface area contributed by atoms with Crippen LogP contribution in [0, 0.1) is 11.8 Å². The Balaban J connectivity index is 0.000000137. The lowest BCUT2D eigenvalue weighted by atomic mass is 9.98. The molecule has 0 radical (unpaired) electrons. The Morgan fingerprint density at radius 3 is 1.14 bits per heavy atom. The van der Waals surface area contributed by atoms with E-state index < -0.39 is 0 Å². The number of rotatable bonds is 25. The van der Waals surface area contributed by atoms with Crippen molar-refractivity contribution in [1.29, 1.82) is 0 Å². The molecule has 6 aromatic heterocycles. The number of likely N-dealkylation sites (tertiary alicyclic amines) is 2. The van der Waals surface area contributed by atoms with Crippen LogP contribution in [0.4, 0.5) is 46.9 Å². The van der Waals surface area contributed by atoms with Crippen molar-refractivity contribution in [3.05, 3.63) is 205 Å². The molecule has 4 N–H and O–H groups in total. The summed E-state index contributed by atoms with van der Waals surface area (Å²) in [4.78, 5) is 78.7. The van der Waals surface area contributed by atoms with Crippen molar-refractivity contribution < 1.29 is 28.4 Å². The topological polar surface area (TPSA) is 295 Å². The standard InChI is InChI=1S/3C31H38N8O2/c1-37-10-6-9-23(19-37)20-41-28-16-25-26(17-27(28)40-2)34-21-35-30(25)38-11-13-39(14-12-38)31-33-18-24(29(32)36-31)15-22-7-4-3-5-8-22;1-37-10-8-23(9-11-37)20-41-28-17-25-26(18-27(28)40-2)34-21-35-30(25)38-12-14-39(15-13-38)31-33-19-24(29(32)36-31)16-22-6-4-3-5-7-22;1-36-8-10-37(11-9-36)16-17-41-29-19-26-27(20-28(29)40-2)34-23-35-30(26)38-12-14-39(15-13-38)31-32-21-25(22-33-31)18-24-6-4-3-5-7-24/h3-5,7-8,16-18,21,23H,6,9-15,19-20H2,1-2H3,(H2,32,33,36);3-7,17-19,21,23H,8-16,20H2,1-2H3,(H2,32,33,36);3-7,19-23H,8-18H2,1-2H3/t23-;;/m1../s1. The smallest absolute Gasteiger partial charge is 0.227 e. The van der Waals surface area contributed by atoms with Crippen LogP contribution in [0.15, 0.2) is 171 Å².